The molecule has 0 amide bonds. The van der Waals surface area contributed by atoms with E-state index >= 15 is 0 Å². The summed E-state index contributed by atoms with van der Waals surface area (Å²) in [4.78, 5) is 11.1. The van der Waals surface area contributed by atoms with Crippen LogP contribution in [0.5, 0.6) is 0 Å². The minimum Gasteiger partial charge on any atom is -0.463 e. The molecule has 0 aliphatic rings. The van der Waals surface area contributed by atoms with Crippen molar-refractivity contribution in [2.45, 2.75) is 33.3 Å². The van der Waals surface area contributed by atoms with Crippen LogP contribution in [-0.2, 0) is 9.53 Å². The zero-order valence-corrected chi connectivity index (χ0v) is 7.46. The minimum atomic E-state index is -0.176. The van der Waals surface area contributed by atoms with E-state index in [9.17, 15) is 4.79 Å². The van der Waals surface area contributed by atoms with Crippen LogP contribution in [0.2, 0.25) is 0 Å². The standard InChI is InChI=1S/C8H17NO2/c1-4-7(5-9)8(10)11-6(2)3/h6-7H,4-5,9H2,1-3H3. The van der Waals surface area contributed by atoms with E-state index in [1.807, 2.05) is 20.8 Å². The van der Waals surface area contributed by atoms with Crippen LogP contribution in [0.4, 0.5) is 0 Å². The predicted octanol–water partition coefficient (Wildman–Crippen LogP) is 0.923. The molecule has 2 N–H and O–H groups in total. The van der Waals surface area contributed by atoms with Crippen molar-refractivity contribution in [1.82, 2.24) is 0 Å². The zero-order valence-electron chi connectivity index (χ0n) is 7.46. The molecule has 0 aliphatic heterocycles. The fraction of sp³-hybridized carbons (Fsp3) is 0.875. The van der Waals surface area contributed by atoms with Gasteiger partial charge in [-0.1, -0.05) is 6.92 Å². The summed E-state index contributed by atoms with van der Waals surface area (Å²) in [5.41, 5.74) is 5.36. The van der Waals surface area contributed by atoms with Crippen molar-refractivity contribution in [3.63, 3.8) is 0 Å². The molecule has 0 aromatic carbocycles. The van der Waals surface area contributed by atoms with Gasteiger partial charge in [0, 0.05) is 6.54 Å². The molecule has 11 heavy (non-hydrogen) atoms. The molecular weight excluding hydrogens is 142 g/mol. The second-order valence-corrected chi connectivity index (χ2v) is 2.83. The normalized spacial score (nSPS) is 13.2. The van der Waals surface area contributed by atoms with E-state index in [1.165, 1.54) is 0 Å². The molecule has 0 saturated carbocycles. The van der Waals surface area contributed by atoms with Gasteiger partial charge in [0.1, 0.15) is 0 Å². The van der Waals surface area contributed by atoms with E-state index in [1.54, 1.807) is 0 Å². The van der Waals surface area contributed by atoms with E-state index in [4.69, 9.17) is 10.5 Å². The van der Waals surface area contributed by atoms with Crippen LogP contribution in [-0.4, -0.2) is 18.6 Å². The molecule has 0 fully saturated rings. The Morgan fingerprint density at radius 2 is 2.09 bits per heavy atom. The lowest BCUT2D eigenvalue weighted by atomic mass is 10.1. The van der Waals surface area contributed by atoms with E-state index in [0.29, 0.717) is 6.54 Å². The third-order valence-corrected chi connectivity index (χ3v) is 1.46. The molecule has 0 aliphatic carbocycles. The van der Waals surface area contributed by atoms with Crippen molar-refractivity contribution < 1.29 is 9.53 Å². The van der Waals surface area contributed by atoms with Crippen LogP contribution in [0.3, 0.4) is 0 Å². The quantitative estimate of drug-likeness (QED) is 0.621. The highest BCUT2D eigenvalue weighted by atomic mass is 16.5. The summed E-state index contributed by atoms with van der Waals surface area (Å²) in [5.74, 6) is -0.303. The summed E-state index contributed by atoms with van der Waals surface area (Å²) in [7, 11) is 0. The summed E-state index contributed by atoms with van der Waals surface area (Å²) in [6.45, 7) is 5.98. The van der Waals surface area contributed by atoms with Crippen molar-refractivity contribution in [1.29, 1.82) is 0 Å². The molecule has 3 nitrogen and oxygen atoms in total. The minimum absolute atomic E-state index is 0.0388. The number of ether oxygens (including phenoxy) is 1. The lowest BCUT2D eigenvalue weighted by Crippen LogP contribution is -2.26. The molecule has 1 atom stereocenters. The lowest BCUT2D eigenvalue weighted by molar-refractivity contribution is -0.152. The van der Waals surface area contributed by atoms with Crippen LogP contribution < -0.4 is 5.73 Å². The smallest absolute Gasteiger partial charge is 0.310 e. The summed E-state index contributed by atoms with van der Waals surface area (Å²) in [6.07, 6.45) is 0.713. The van der Waals surface area contributed by atoms with Gasteiger partial charge in [0.25, 0.3) is 0 Å². The number of hydrogen-bond donors (Lipinski definition) is 1. The summed E-state index contributed by atoms with van der Waals surface area (Å²) in [6, 6.07) is 0. The fourth-order valence-corrected chi connectivity index (χ4v) is 0.758. The molecule has 0 aromatic heterocycles. The molecular formula is C8H17NO2. The molecule has 0 heterocycles. The van der Waals surface area contributed by atoms with Crippen molar-refractivity contribution in [2.75, 3.05) is 6.54 Å². The van der Waals surface area contributed by atoms with Gasteiger partial charge in [-0.15, -0.1) is 0 Å². The third-order valence-electron chi connectivity index (χ3n) is 1.46. The zero-order chi connectivity index (χ0) is 8.85. The van der Waals surface area contributed by atoms with Gasteiger partial charge in [0.15, 0.2) is 0 Å². The molecule has 0 spiro atoms. The first-order chi connectivity index (χ1) is 5.11. The Hall–Kier alpha value is -0.570. The van der Waals surface area contributed by atoms with E-state index in [-0.39, 0.29) is 18.0 Å². The van der Waals surface area contributed by atoms with Crippen molar-refractivity contribution in [2.24, 2.45) is 11.7 Å². The van der Waals surface area contributed by atoms with Crippen LogP contribution in [0.15, 0.2) is 0 Å². The molecule has 0 radical (unpaired) electrons. The van der Waals surface area contributed by atoms with E-state index in [0.717, 1.165) is 6.42 Å². The highest BCUT2D eigenvalue weighted by Gasteiger charge is 2.16. The van der Waals surface area contributed by atoms with Crippen LogP contribution in [0.1, 0.15) is 27.2 Å². The Balaban J connectivity index is 3.79. The van der Waals surface area contributed by atoms with Gasteiger partial charge in [-0.2, -0.15) is 0 Å². The second-order valence-electron chi connectivity index (χ2n) is 2.83. The van der Waals surface area contributed by atoms with Crippen LogP contribution in [0.25, 0.3) is 0 Å². The van der Waals surface area contributed by atoms with Crippen LogP contribution in [0, 0.1) is 5.92 Å². The van der Waals surface area contributed by atoms with Gasteiger partial charge in [-0.3, -0.25) is 4.79 Å². The number of hydrogen-bond acceptors (Lipinski definition) is 3. The lowest BCUT2D eigenvalue weighted by Gasteiger charge is -2.13. The van der Waals surface area contributed by atoms with Gasteiger partial charge < -0.3 is 10.5 Å². The molecule has 1 unspecified atom stereocenters. The van der Waals surface area contributed by atoms with Gasteiger partial charge >= 0.3 is 5.97 Å². The van der Waals surface area contributed by atoms with Gasteiger partial charge in [0.05, 0.1) is 12.0 Å². The first kappa shape index (κ1) is 10.4. The monoisotopic (exact) mass is 159 g/mol. The van der Waals surface area contributed by atoms with Gasteiger partial charge in [-0.05, 0) is 20.3 Å². The first-order valence-electron chi connectivity index (χ1n) is 4.02. The Morgan fingerprint density at radius 1 is 1.55 bits per heavy atom. The Bertz CT molecular complexity index is 119. The number of rotatable bonds is 4. The fourth-order valence-electron chi connectivity index (χ4n) is 0.758. The molecule has 0 bridgehead atoms. The molecule has 0 saturated heterocycles. The Kier molecular flexibility index (Phi) is 4.86. The predicted molar refractivity (Wildman–Crippen MR) is 44.1 cm³/mol. The van der Waals surface area contributed by atoms with Crippen LogP contribution >= 0.6 is 0 Å². The third kappa shape index (κ3) is 3.98. The van der Waals surface area contributed by atoms with E-state index in [2.05, 4.69) is 0 Å². The molecule has 0 rings (SSSR count). The number of carbonyl (C=O) groups is 1. The topological polar surface area (TPSA) is 52.3 Å². The first-order valence-corrected chi connectivity index (χ1v) is 4.02. The average molecular weight is 159 g/mol. The largest absolute Gasteiger partial charge is 0.463 e. The van der Waals surface area contributed by atoms with Gasteiger partial charge in [-0.25, -0.2) is 0 Å². The van der Waals surface area contributed by atoms with Gasteiger partial charge in [0.2, 0.25) is 0 Å². The van der Waals surface area contributed by atoms with Crippen molar-refractivity contribution in [3.05, 3.63) is 0 Å². The SMILES string of the molecule is CCC(CN)C(=O)OC(C)C. The average Bonchev–Trinajstić information content (AvgIpc) is 1.88. The molecule has 3 heteroatoms. The number of carbonyl (C=O) groups excluding carboxylic acids is 1. The maximum Gasteiger partial charge on any atom is 0.310 e. The summed E-state index contributed by atoms with van der Waals surface area (Å²) < 4.78 is 4.98. The summed E-state index contributed by atoms with van der Waals surface area (Å²) >= 11 is 0. The highest BCUT2D eigenvalue weighted by molar-refractivity contribution is 5.72. The maximum atomic E-state index is 11.1. The van der Waals surface area contributed by atoms with E-state index < -0.39 is 0 Å². The summed E-state index contributed by atoms with van der Waals surface area (Å²) in [5, 5.41) is 0. The number of nitrogens with two attached hydrogens (primary N) is 1. The molecule has 0 aromatic rings. The Morgan fingerprint density at radius 3 is 2.36 bits per heavy atom. The maximum absolute atomic E-state index is 11.1. The highest BCUT2D eigenvalue weighted by Crippen LogP contribution is 2.04. The van der Waals surface area contributed by atoms with Crippen molar-refractivity contribution in [3.8, 4) is 0 Å². The number of esters is 1. The molecule has 66 valence electrons. The second kappa shape index (κ2) is 5.13. The van der Waals surface area contributed by atoms with Crippen molar-refractivity contribution >= 4 is 5.97 Å². The Labute approximate surface area is 67.9 Å².